The highest BCUT2D eigenvalue weighted by molar-refractivity contribution is 5.85. The van der Waals surface area contributed by atoms with Crippen LogP contribution in [0.5, 0.6) is 0 Å². The van der Waals surface area contributed by atoms with Crippen molar-refractivity contribution in [2.45, 2.75) is 44.2 Å². The molecule has 0 bridgehead atoms. The van der Waals surface area contributed by atoms with Crippen LogP contribution in [0.1, 0.15) is 31.2 Å². The Kier molecular flexibility index (Phi) is 6.99. The number of halogens is 1. The Morgan fingerprint density at radius 2 is 1.81 bits per heavy atom. The zero-order valence-electron chi connectivity index (χ0n) is 12.7. The summed E-state index contributed by atoms with van der Waals surface area (Å²) in [5.74, 6) is 0.177. The fourth-order valence-corrected chi connectivity index (χ4v) is 2.81. The van der Waals surface area contributed by atoms with E-state index in [9.17, 15) is 4.79 Å². The largest absolute Gasteiger partial charge is 0.399 e. The van der Waals surface area contributed by atoms with Gasteiger partial charge in [-0.1, -0.05) is 12.1 Å². The van der Waals surface area contributed by atoms with E-state index in [1.54, 1.807) is 7.11 Å². The van der Waals surface area contributed by atoms with Gasteiger partial charge in [0.1, 0.15) is 0 Å². The lowest BCUT2D eigenvalue weighted by molar-refractivity contribution is -0.132. The second-order valence-electron chi connectivity index (χ2n) is 5.59. The van der Waals surface area contributed by atoms with E-state index in [0.29, 0.717) is 18.6 Å². The van der Waals surface area contributed by atoms with Crippen LogP contribution in [-0.4, -0.2) is 37.1 Å². The lowest BCUT2D eigenvalue weighted by atomic mass is 9.92. The number of nitrogen functional groups attached to an aromatic ring is 1. The highest BCUT2D eigenvalue weighted by Gasteiger charge is 2.26. The van der Waals surface area contributed by atoms with Crippen LogP contribution in [0.4, 0.5) is 5.69 Å². The molecule has 0 aromatic heterocycles. The Morgan fingerprint density at radius 3 is 2.33 bits per heavy atom. The van der Waals surface area contributed by atoms with Gasteiger partial charge in [-0.05, 0) is 43.4 Å². The summed E-state index contributed by atoms with van der Waals surface area (Å²) in [7, 11) is 3.68. The molecule has 0 heterocycles. The standard InChI is InChI=1S/C16H24N2O2.ClH/c1-18(14-7-9-15(20-2)10-8-14)16(19)11-12-3-5-13(17)6-4-12;/h3-6,14-15H,7-11,17H2,1-2H3;1H. The minimum atomic E-state index is 0. The summed E-state index contributed by atoms with van der Waals surface area (Å²) in [5, 5.41) is 0. The Morgan fingerprint density at radius 1 is 1.24 bits per heavy atom. The molecule has 1 amide bonds. The van der Waals surface area contributed by atoms with Gasteiger partial charge in [-0.3, -0.25) is 4.79 Å². The van der Waals surface area contributed by atoms with Gasteiger partial charge in [-0.2, -0.15) is 0 Å². The molecule has 0 unspecified atom stereocenters. The molecule has 1 aliphatic carbocycles. The molecule has 0 spiro atoms. The van der Waals surface area contributed by atoms with Crippen LogP contribution < -0.4 is 5.73 Å². The number of benzene rings is 1. The first-order valence-electron chi connectivity index (χ1n) is 7.23. The van der Waals surface area contributed by atoms with Crippen LogP contribution in [-0.2, 0) is 16.0 Å². The van der Waals surface area contributed by atoms with Gasteiger partial charge < -0.3 is 15.4 Å². The predicted octanol–water partition coefficient (Wildman–Crippen LogP) is 2.65. The lowest BCUT2D eigenvalue weighted by Gasteiger charge is -2.34. The quantitative estimate of drug-likeness (QED) is 0.870. The van der Waals surface area contributed by atoms with Gasteiger partial charge >= 0.3 is 0 Å². The Balaban J connectivity index is 0.00000220. The van der Waals surface area contributed by atoms with E-state index in [-0.39, 0.29) is 18.3 Å². The SMILES string of the molecule is COC1CCC(N(C)C(=O)Cc2ccc(N)cc2)CC1.Cl. The van der Waals surface area contributed by atoms with Gasteiger partial charge in [0.2, 0.25) is 5.91 Å². The topological polar surface area (TPSA) is 55.6 Å². The average Bonchev–Trinajstić information content (AvgIpc) is 2.49. The summed E-state index contributed by atoms with van der Waals surface area (Å²) in [6.07, 6.45) is 4.96. The maximum atomic E-state index is 12.3. The van der Waals surface area contributed by atoms with E-state index >= 15 is 0 Å². The molecule has 21 heavy (non-hydrogen) atoms. The average molecular weight is 313 g/mol. The highest BCUT2D eigenvalue weighted by Crippen LogP contribution is 2.24. The van der Waals surface area contributed by atoms with Crippen molar-refractivity contribution in [2.75, 3.05) is 19.9 Å². The van der Waals surface area contributed by atoms with Crippen molar-refractivity contribution in [3.63, 3.8) is 0 Å². The molecule has 1 aromatic rings. The number of nitrogens with two attached hydrogens (primary N) is 1. The molecule has 1 fully saturated rings. The van der Waals surface area contributed by atoms with E-state index in [2.05, 4.69) is 0 Å². The predicted molar refractivity (Wildman–Crippen MR) is 87.6 cm³/mol. The number of anilines is 1. The minimum Gasteiger partial charge on any atom is -0.399 e. The first-order valence-corrected chi connectivity index (χ1v) is 7.23. The van der Waals surface area contributed by atoms with Crippen LogP contribution >= 0.6 is 12.4 Å². The second kappa shape index (κ2) is 8.25. The molecule has 4 nitrogen and oxygen atoms in total. The fraction of sp³-hybridized carbons (Fsp3) is 0.562. The number of methoxy groups -OCH3 is 1. The van der Waals surface area contributed by atoms with E-state index in [4.69, 9.17) is 10.5 Å². The Bertz CT molecular complexity index is 442. The summed E-state index contributed by atoms with van der Waals surface area (Å²) in [5.41, 5.74) is 7.40. The third kappa shape index (κ3) is 4.90. The monoisotopic (exact) mass is 312 g/mol. The van der Waals surface area contributed by atoms with Crippen LogP contribution in [0.2, 0.25) is 0 Å². The van der Waals surface area contributed by atoms with Gasteiger partial charge in [-0.25, -0.2) is 0 Å². The number of rotatable bonds is 4. The van der Waals surface area contributed by atoms with Crippen molar-refractivity contribution in [1.29, 1.82) is 0 Å². The number of ether oxygens (including phenoxy) is 1. The minimum absolute atomic E-state index is 0. The van der Waals surface area contributed by atoms with Gasteiger partial charge in [-0.15, -0.1) is 12.4 Å². The van der Waals surface area contributed by atoms with E-state index in [1.165, 1.54) is 0 Å². The number of carbonyl (C=O) groups is 1. The van der Waals surface area contributed by atoms with Gasteiger partial charge in [0.05, 0.1) is 12.5 Å². The number of hydrogen-bond donors (Lipinski definition) is 1. The van der Waals surface area contributed by atoms with Crippen molar-refractivity contribution in [2.24, 2.45) is 0 Å². The molecule has 118 valence electrons. The third-order valence-electron chi connectivity index (χ3n) is 4.25. The lowest BCUT2D eigenvalue weighted by Crippen LogP contribution is -2.41. The van der Waals surface area contributed by atoms with Crippen LogP contribution in [0.15, 0.2) is 24.3 Å². The van der Waals surface area contributed by atoms with Crippen LogP contribution in [0.3, 0.4) is 0 Å². The van der Waals surface area contributed by atoms with Gasteiger partial charge in [0.15, 0.2) is 0 Å². The van der Waals surface area contributed by atoms with E-state index < -0.39 is 0 Å². The maximum absolute atomic E-state index is 12.3. The van der Waals surface area contributed by atoms with Crippen LogP contribution in [0, 0.1) is 0 Å². The molecule has 0 saturated heterocycles. The Labute approximate surface area is 133 Å². The summed E-state index contributed by atoms with van der Waals surface area (Å²) in [6.45, 7) is 0. The number of carbonyl (C=O) groups excluding carboxylic acids is 1. The smallest absolute Gasteiger partial charge is 0.226 e. The van der Waals surface area contributed by atoms with Gasteiger partial charge in [0.25, 0.3) is 0 Å². The molecular weight excluding hydrogens is 288 g/mol. The maximum Gasteiger partial charge on any atom is 0.226 e. The molecule has 0 aliphatic heterocycles. The first-order chi connectivity index (χ1) is 9.60. The summed E-state index contributed by atoms with van der Waals surface area (Å²) in [6, 6.07) is 7.87. The molecule has 2 rings (SSSR count). The summed E-state index contributed by atoms with van der Waals surface area (Å²) in [4.78, 5) is 14.2. The zero-order valence-corrected chi connectivity index (χ0v) is 13.6. The molecule has 1 aliphatic rings. The molecule has 0 radical (unpaired) electrons. The highest BCUT2D eigenvalue weighted by atomic mass is 35.5. The normalized spacial score (nSPS) is 21.4. The van der Waals surface area contributed by atoms with Crippen molar-refractivity contribution < 1.29 is 9.53 Å². The van der Waals surface area contributed by atoms with E-state index in [0.717, 1.165) is 36.9 Å². The zero-order chi connectivity index (χ0) is 14.5. The Hall–Kier alpha value is -1.26. The summed E-state index contributed by atoms with van der Waals surface area (Å²) >= 11 is 0. The van der Waals surface area contributed by atoms with Crippen molar-refractivity contribution in [3.05, 3.63) is 29.8 Å². The number of hydrogen-bond acceptors (Lipinski definition) is 3. The van der Waals surface area contributed by atoms with E-state index in [1.807, 2.05) is 36.2 Å². The van der Waals surface area contributed by atoms with Crippen molar-refractivity contribution >= 4 is 24.0 Å². The number of nitrogens with zero attached hydrogens (tertiary/aromatic N) is 1. The summed E-state index contributed by atoms with van der Waals surface area (Å²) < 4.78 is 5.37. The van der Waals surface area contributed by atoms with Gasteiger partial charge in [0, 0.05) is 25.9 Å². The third-order valence-corrected chi connectivity index (χ3v) is 4.25. The molecule has 1 saturated carbocycles. The molecule has 5 heteroatoms. The molecule has 2 N–H and O–H groups in total. The number of amides is 1. The van der Waals surface area contributed by atoms with Crippen molar-refractivity contribution in [3.8, 4) is 0 Å². The van der Waals surface area contributed by atoms with Crippen molar-refractivity contribution in [1.82, 2.24) is 4.90 Å². The molecule has 1 aromatic carbocycles. The number of likely N-dealkylation sites (N-methyl/N-ethyl adjacent to an activating group) is 1. The molecule has 0 atom stereocenters. The molecular formula is C16H25ClN2O2. The fourth-order valence-electron chi connectivity index (χ4n) is 2.81. The van der Waals surface area contributed by atoms with Crippen LogP contribution in [0.25, 0.3) is 0 Å². The second-order valence-corrected chi connectivity index (χ2v) is 5.59. The first kappa shape index (κ1) is 17.8.